The van der Waals surface area contributed by atoms with Crippen LogP contribution in [0.2, 0.25) is 0 Å². The molecule has 9 saturated carbocycles. The fourth-order valence-electron chi connectivity index (χ4n) is 27.4. The molecule has 118 heavy (non-hydrogen) atoms. The smallest absolute Gasteiger partial charge is 0.165 e. The summed E-state index contributed by atoms with van der Waals surface area (Å²) >= 11 is 0. The van der Waals surface area contributed by atoms with Crippen LogP contribution in [-0.4, -0.2) is 153 Å². The first-order valence-electron chi connectivity index (χ1n) is 50.5. The Balaban J connectivity index is 0.000000203. The van der Waals surface area contributed by atoms with E-state index in [-0.39, 0.29) is 182 Å². The number of rotatable bonds is 38. The minimum absolute atomic E-state index is 0. The van der Waals surface area contributed by atoms with Crippen molar-refractivity contribution in [3.63, 3.8) is 0 Å². The molecule has 681 valence electrons. The molecule has 9 aliphatic carbocycles. The summed E-state index contributed by atoms with van der Waals surface area (Å²) in [4.78, 5) is 0. The molecule has 0 aromatic heterocycles. The third-order valence-corrected chi connectivity index (χ3v) is 33.9. The van der Waals surface area contributed by atoms with E-state index < -0.39 is 11.6 Å². The van der Waals surface area contributed by atoms with Gasteiger partial charge in [-0.3, -0.25) is 0 Å². The predicted octanol–water partition coefficient (Wildman–Crippen LogP) is 22.4. The summed E-state index contributed by atoms with van der Waals surface area (Å²) in [6.45, 7) is 35.6. The van der Waals surface area contributed by atoms with E-state index in [0.29, 0.717) is 17.8 Å². The number of fused-ring (bicyclic) bond motifs is 10. The van der Waals surface area contributed by atoms with Crippen LogP contribution in [0.15, 0.2) is 0 Å². The Morgan fingerprint density at radius 1 is 0.271 bits per heavy atom. The molecule has 0 spiro atoms. The van der Waals surface area contributed by atoms with E-state index in [1.165, 1.54) is 167 Å². The summed E-state index contributed by atoms with van der Waals surface area (Å²) in [6, 6.07) is 0. The van der Waals surface area contributed by atoms with Gasteiger partial charge in [-0.2, -0.15) is 0 Å². The molecule has 28 atom stereocenters. The van der Waals surface area contributed by atoms with Gasteiger partial charge in [0.1, 0.15) is 0 Å². The van der Waals surface area contributed by atoms with Crippen molar-refractivity contribution in [3.05, 3.63) is 0 Å². The number of aliphatic hydroxyl groups is 5. The van der Waals surface area contributed by atoms with Gasteiger partial charge in [0.15, 0.2) is 30.4 Å². The molecule has 28 unspecified atom stereocenters. The first-order valence-corrected chi connectivity index (χ1v) is 50.5. The third-order valence-electron chi connectivity index (χ3n) is 33.9. The second-order valence-corrected chi connectivity index (χ2v) is 40.8. The molecule has 15 nitrogen and oxygen atoms in total. The van der Waals surface area contributed by atoms with Gasteiger partial charge in [0.05, 0.1) is 96.6 Å². The maximum absolute atomic E-state index is 11.0. The first kappa shape index (κ1) is 109. The van der Waals surface area contributed by atoms with Crippen molar-refractivity contribution in [2.75, 3.05) is 66.1 Å². The van der Waals surface area contributed by atoms with Crippen LogP contribution in [-0.2, 0) is 47.4 Å². The number of unbranched alkanes of at least 4 members (excludes halogenated alkanes) is 1. The second-order valence-electron chi connectivity index (χ2n) is 40.8. The van der Waals surface area contributed by atoms with Crippen LogP contribution in [0, 0.1) is 268 Å². The standard InChI is InChI=1S/2C22H38O3.2C19H36O3.C18H34O3.3Ac/c2*1-4-14-11-15(5-2)21-18-13-16(20(14)21)12-17(18)19(23)7-8-22(3)24-9-6-10-25-22;2*1-3-15-13-16(4-2)17(14-15)7-5-8-18(20)9-10-19-21-11-6-12-22-19;1-3-14-12-15(4-2)16(13-14)17(19)8-5-6-9-18-20-10-7-11-21-18;;;/h2*14-21,23H,4-13H2,1-3H3;2*15-20H,3-14H2,1-2H3;14-19H,3-13H2,1-2H3;;;. The van der Waals surface area contributed by atoms with Gasteiger partial charge in [-0.1, -0.05) is 166 Å². The molecule has 14 fully saturated rings. The Kier molecular flexibility index (Phi) is 52.8. The third kappa shape index (κ3) is 32.3. The maximum atomic E-state index is 11.0. The van der Waals surface area contributed by atoms with Gasteiger partial charge < -0.3 is 72.9 Å². The van der Waals surface area contributed by atoms with E-state index in [9.17, 15) is 25.5 Å². The summed E-state index contributed by atoms with van der Waals surface area (Å²) < 4.78 is 56.6. The monoisotopic (exact) mass is 2300 g/mol. The summed E-state index contributed by atoms with van der Waals surface area (Å²) in [5.74, 6) is 18.8. The molecular weight excluding hydrogens is 2120 g/mol. The molecule has 0 amide bonds. The Morgan fingerprint density at radius 3 is 0.958 bits per heavy atom. The van der Waals surface area contributed by atoms with Gasteiger partial charge in [-0.25, -0.2) is 0 Å². The van der Waals surface area contributed by atoms with Crippen LogP contribution in [0.4, 0.5) is 0 Å². The molecular formula is C100H182Ac3O15. The largest absolute Gasteiger partial charge is 0.393 e. The molecule has 5 heterocycles. The van der Waals surface area contributed by atoms with E-state index in [2.05, 4.69) is 69.2 Å². The summed E-state index contributed by atoms with van der Waals surface area (Å²) in [6.07, 6.45) is 51.4. The van der Waals surface area contributed by atoms with Gasteiger partial charge in [0.25, 0.3) is 0 Å². The predicted molar refractivity (Wildman–Crippen MR) is 463 cm³/mol. The van der Waals surface area contributed by atoms with E-state index in [1.807, 2.05) is 13.8 Å². The van der Waals surface area contributed by atoms with Gasteiger partial charge in [0, 0.05) is 158 Å². The van der Waals surface area contributed by atoms with Crippen molar-refractivity contribution < 1.29 is 205 Å². The number of aliphatic hydroxyl groups excluding tert-OH is 5. The summed E-state index contributed by atoms with van der Waals surface area (Å²) in [5.41, 5.74) is 0. The molecule has 0 aromatic rings. The Labute approximate surface area is 830 Å². The summed E-state index contributed by atoms with van der Waals surface area (Å²) in [5, 5.41) is 52.9. The second kappa shape index (κ2) is 57.3. The number of hydrogen-bond donors (Lipinski definition) is 5. The molecule has 5 saturated heterocycles. The fraction of sp³-hybridized carbons (Fsp3) is 1.00. The van der Waals surface area contributed by atoms with Crippen LogP contribution in [0.3, 0.4) is 0 Å². The summed E-state index contributed by atoms with van der Waals surface area (Å²) in [7, 11) is 0. The average molecular weight is 2310 g/mol. The normalized spacial score (nSPS) is 37.1. The molecule has 4 bridgehead atoms. The maximum Gasteiger partial charge on any atom is 0.165 e. The average Bonchev–Trinajstić information content (AvgIpc) is 1.57. The minimum Gasteiger partial charge on any atom is -0.393 e. The van der Waals surface area contributed by atoms with E-state index in [1.54, 1.807) is 0 Å². The SMILES string of the molecule is CCC1CC(CC)C(C(O)CCCCC2OCCCO2)C1.CCC1CC(CC)C(CCCC(O)CCC2OCCCO2)C1.CCC1CC(CC)C(CCCC(O)CCC2OCCCO2)C1.CCC1CC(CC)C2C3CC(CC3C(O)CCC3(C)OCCCO3)C12.CCC1CC(CC)C2C3CC(CC3C(O)CCC3(C)OCCCO3)C12.[Ac].[Ac].[Ac]. The zero-order chi connectivity index (χ0) is 81.9. The van der Waals surface area contributed by atoms with E-state index in [4.69, 9.17) is 47.4 Å². The molecule has 14 rings (SSSR count). The molecule has 5 N–H and O–H groups in total. The minimum atomic E-state index is -0.466. The number of hydrogen-bond acceptors (Lipinski definition) is 15. The Morgan fingerprint density at radius 2 is 0.593 bits per heavy atom. The van der Waals surface area contributed by atoms with Crippen molar-refractivity contribution >= 4 is 0 Å². The molecule has 3 radical (unpaired) electrons. The van der Waals surface area contributed by atoms with E-state index in [0.717, 1.165) is 306 Å². The van der Waals surface area contributed by atoms with Gasteiger partial charge >= 0.3 is 0 Å². The molecule has 14 aliphatic rings. The van der Waals surface area contributed by atoms with Crippen molar-refractivity contribution in [3.8, 4) is 0 Å². The van der Waals surface area contributed by atoms with Crippen LogP contribution in [0.5, 0.6) is 0 Å². The topological polar surface area (TPSA) is 193 Å². The van der Waals surface area contributed by atoms with Gasteiger partial charge in [0.2, 0.25) is 0 Å². The molecule has 0 aromatic carbocycles. The van der Waals surface area contributed by atoms with E-state index >= 15 is 0 Å². The zero-order valence-corrected chi connectivity index (χ0v) is 92.1. The number of ether oxygens (including phenoxy) is 10. The quantitative estimate of drug-likeness (QED) is 0.0366. The zero-order valence-electron chi connectivity index (χ0n) is 77.8. The van der Waals surface area contributed by atoms with Gasteiger partial charge in [-0.05, 0) is 317 Å². The first-order chi connectivity index (χ1) is 55.8. The van der Waals surface area contributed by atoms with Crippen molar-refractivity contribution in [1.82, 2.24) is 0 Å². The van der Waals surface area contributed by atoms with Gasteiger partial charge in [-0.15, -0.1) is 0 Å². The van der Waals surface area contributed by atoms with Crippen molar-refractivity contribution in [2.24, 2.45) is 136 Å². The fourth-order valence-corrected chi connectivity index (χ4v) is 27.4. The Hall–Kier alpha value is 3.72. The van der Waals surface area contributed by atoms with Crippen LogP contribution < -0.4 is 0 Å². The van der Waals surface area contributed by atoms with Crippen molar-refractivity contribution in [2.45, 2.75) is 433 Å². The van der Waals surface area contributed by atoms with Crippen LogP contribution >= 0.6 is 0 Å². The Bertz CT molecular complexity index is 2430. The van der Waals surface area contributed by atoms with Crippen LogP contribution in [0.25, 0.3) is 0 Å². The van der Waals surface area contributed by atoms with Crippen molar-refractivity contribution in [1.29, 1.82) is 0 Å². The molecule has 18 heteroatoms. The van der Waals surface area contributed by atoms with Crippen LogP contribution in [0.1, 0.15) is 372 Å². The molecule has 5 aliphatic heterocycles.